The van der Waals surface area contributed by atoms with Crippen molar-refractivity contribution in [1.29, 1.82) is 0 Å². The molecule has 0 aliphatic carbocycles. The molecule has 0 aliphatic heterocycles. The van der Waals surface area contributed by atoms with Gasteiger partial charge in [-0.05, 0) is 25.8 Å². The topological polar surface area (TPSA) is 127 Å². The Hall–Kier alpha value is -1.14. The minimum Gasteiger partial charge on any atom is -0.481 e. The van der Waals surface area contributed by atoms with Gasteiger partial charge in [-0.2, -0.15) is 0 Å². The van der Waals surface area contributed by atoms with Crippen LogP contribution in [-0.4, -0.2) is 34.7 Å². The lowest BCUT2D eigenvalue weighted by Crippen LogP contribution is -2.34. The summed E-state index contributed by atoms with van der Waals surface area (Å²) in [6, 6.07) is -1.10. The molecular weight excluding hydrogens is 224 g/mol. The van der Waals surface area contributed by atoms with Crippen LogP contribution >= 0.6 is 0 Å². The van der Waals surface area contributed by atoms with E-state index in [-0.39, 0.29) is 6.42 Å². The van der Waals surface area contributed by atoms with E-state index in [2.05, 4.69) is 0 Å². The predicted molar refractivity (Wildman–Crippen MR) is 63.5 cm³/mol. The van der Waals surface area contributed by atoms with Gasteiger partial charge in [-0.25, -0.2) is 0 Å². The molecule has 17 heavy (non-hydrogen) atoms. The van der Waals surface area contributed by atoms with Gasteiger partial charge in [-0.15, -0.1) is 0 Å². The fourth-order valence-corrected chi connectivity index (χ4v) is 1.64. The Bertz CT molecular complexity index is 246. The molecule has 6 N–H and O–H groups in total. The summed E-state index contributed by atoms with van der Waals surface area (Å²) in [6.45, 7) is 0.645. The molecule has 0 amide bonds. The van der Waals surface area contributed by atoms with E-state index in [1.165, 1.54) is 0 Å². The van der Waals surface area contributed by atoms with Crippen LogP contribution in [0, 0.1) is 5.92 Å². The summed E-state index contributed by atoms with van der Waals surface area (Å²) in [5.41, 5.74) is 10.7. The lowest BCUT2D eigenvalue weighted by molar-refractivity contribution is -0.143. The molecule has 6 nitrogen and oxygen atoms in total. The molecule has 0 saturated heterocycles. The van der Waals surface area contributed by atoms with Gasteiger partial charge in [-0.1, -0.05) is 19.3 Å². The normalized spacial score (nSPS) is 14.2. The summed E-state index contributed by atoms with van der Waals surface area (Å²) in [5.74, 6) is -2.79. The van der Waals surface area contributed by atoms with Gasteiger partial charge in [0.05, 0.1) is 5.92 Å². The van der Waals surface area contributed by atoms with Gasteiger partial charge in [0.1, 0.15) is 6.04 Å². The van der Waals surface area contributed by atoms with E-state index in [4.69, 9.17) is 21.7 Å². The van der Waals surface area contributed by atoms with E-state index in [0.29, 0.717) is 13.0 Å². The zero-order valence-electron chi connectivity index (χ0n) is 9.97. The van der Waals surface area contributed by atoms with Crippen LogP contribution in [0.15, 0.2) is 0 Å². The van der Waals surface area contributed by atoms with Crippen molar-refractivity contribution in [2.75, 3.05) is 6.54 Å². The summed E-state index contributed by atoms with van der Waals surface area (Å²) in [5, 5.41) is 17.6. The van der Waals surface area contributed by atoms with E-state index in [1.807, 2.05) is 0 Å². The van der Waals surface area contributed by atoms with Crippen LogP contribution in [0.4, 0.5) is 0 Å². The predicted octanol–water partition coefficient (Wildman–Crippen LogP) is 0.398. The molecular formula is C11H22N2O4. The monoisotopic (exact) mass is 246 g/mol. The minimum absolute atomic E-state index is 0.0123. The van der Waals surface area contributed by atoms with Crippen LogP contribution in [0.5, 0.6) is 0 Å². The number of rotatable bonds is 10. The molecule has 0 bridgehead atoms. The number of carboxylic acid groups (broad SMARTS) is 2. The van der Waals surface area contributed by atoms with E-state index < -0.39 is 23.9 Å². The Morgan fingerprint density at radius 3 is 2.06 bits per heavy atom. The average molecular weight is 246 g/mol. The molecule has 0 radical (unpaired) electrons. The van der Waals surface area contributed by atoms with E-state index in [1.54, 1.807) is 0 Å². The first-order chi connectivity index (χ1) is 7.99. The van der Waals surface area contributed by atoms with Crippen LogP contribution in [0.3, 0.4) is 0 Å². The van der Waals surface area contributed by atoms with Crippen molar-refractivity contribution >= 4 is 11.9 Å². The zero-order chi connectivity index (χ0) is 13.3. The van der Waals surface area contributed by atoms with Gasteiger partial charge in [-0.3, -0.25) is 9.59 Å². The Morgan fingerprint density at radius 1 is 1.00 bits per heavy atom. The molecule has 0 spiro atoms. The molecule has 0 aromatic rings. The van der Waals surface area contributed by atoms with Gasteiger partial charge >= 0.3 is 11.9 Å². The van der Waals surface area contributed by atoms with Crippen molar-refractivity contribution in [3.05, 3.63) is 0 Å². The Labute approximate surface area is 101 Å². The van der Waals surface area contributed by atoms with E-state index >= 15 is 0 Å². The third-order valence-electron chi connectivity index (χ3n) is 2.71. The maximum Gasteiger partial charge on any atom is 0.320 e. The standard InChI is InChI=1S/C11H22N2O4/c12-6-4-2-1-3-5-8(10(14)15)7-9(13)11(16)17/h8-9H,1-7,12-13H2,(H,14,15)(H,16,17)/t8?,9-/m1/s1. The number of nitrogens with two attached hydrogens (primary N) is 2. The van der Waals surface area contributed by atoms with Crippen molar-refractivity contribution in [2.45, 2.75) is 44.6 Å². The molecule has 0 rings (SSSR count). The quantitative estimate of drug-likeness (QED) is 0.413. The number of unbranched alkanes of at least 4 members (excludes halogenated alkanes) is 3. The zero-order valence-corrected chi connectivity index (χ0v) is 9.97. The van der Waals surface area contributed by atoms with Crippen LogP contribution < -0.4 is 11.5 Å². The minimum atomic E-state index is -1.15. The van der Waals surface area contributed by atoms with Crippen LogP contribution in [0.25, 0.3) is 0 Å². The average Bonchev–Trinajstić information content (AvgIpc) is 2.26. The Balaban J connectivity index is 3.91. The highest BCUT2D eigenvalue weighted by molar-refractivity contribution is 5.75. The second kappa shape index (κ2) is 8.95. The fourth-order valence-electron chi connectivity index (χ4n) is 1.64. The molecule has 0 fully saturated rings. The molecule has 0 saturated carbocycles. The molecule has 6 heteroatoms. The third-order valence-corrected chi connectivity index (χ3v) is 2.71. The fraction of sp³-hybridized carbons (Fsp3) is 0.818. The lowest BCUT2D eigenvalue weighted by Gasteiger charge is -2.14. The first-order valence-electron chi connectivity index (χ1n) is 5.90. The number of carboxylic acids is 2. The van der Waals surface area contributed by atoms with Crippen molar-refractivity contribution in [3.63, 3.8) is 0 Å². The smallest absolute Gasteiger partial charge is 0.320 e. The molecule has 0 heterocycles. The Morgan fingerprint density at radius 2 is 1.59 bits per heavy atom. The van der Waals surface area contributed by atoms with Gasteiger partial charge in [0.15, 0.2) is 0 Å². The maximum absolute atomic E-state index is 10.9. The van der Waals surface area contributed by atoms with Crippen molar-refractivity contribution in [1.82, 2.24) is 0 Å². The highest BCUT2D eigenvalue weighted by atomic mass is 16.4. The van der Waals surface area contributed by atoms with Gasteiger partial charge in [0.2, 0.25) is 0 Å². The molecule has 0 aliphatic rings. The van der Waals surface area contributed by atoms with E-state index in [9.17, 15) is 9.59 Å². The number of hydrogen-bond acceptors (Lipinski definition) is 4. The highest BCUT2D eigenvalue weighted by Crippen LogP contribution is 2.16. The SMILES string of the molecule is NCCCCCCC(C[C@@H](N)C(=O)O)C(=O)O. The molecule has 0 aromatic heterocycles. The summed E-state index contributed by atoms with van der Waals surface area (Å²) in [6.07, 6.45) is 4.06. The summed E-state index contributed by atoms with van der Waals surface area (Å²) in [7, 11) is 0. The second-order valence-corrected chi connectivity index (χ2v) is 4.21. The van der Waals surface area contributed by atoms with Crippen molar-refractivity contribution in [2.24, 2.45) is 17.4 Å². The number of hydrogen-bond donors (Lipinski definition) is 4. The van der Waals surface area contributed by atoms with Crippen LogP contribution in [-0.2, 0) is 9.59 Å². The Kier molecular flexibility index (Phi) is 8.35. The van der Waals surface area contributed by atoms with Crippen molar-refractivity contribution < 1.29 is 19.8 Å². The third kappa shape index (κ3) is 7.70. The molecule has 0 aromatic carbocycles. The van der Waals surface area contributed by atoms with Crippen LogP contribution in [0.2, 0.25) is 0 Å². The molecule has 2 atom stereocenters. The van der Waals surface area contributed by atoms with Crippen molar-refractivity contribution in [3.8, 4) is 0 Å². The number of aliphatic carboxylic acids is 2. The second-order valence-electron chi connectivity index (χ2n) is 4.21. The van der Waals surface area contributed by atoms with Gasteiger partial charge in [0.25, 0.3) is 0 Å². The van der Waals surface area contributed by atoms with Gasteiger partial charge in [0, 0.05) is 0 Å². The molecule has 1 unspecified atom stereocenters. The first kappa shape index (κ1) is 15.9. The first-order valence-corrected chi connectivity index (χ1v) is 5.90. The number of carbonyl (C=O) groups is 2. The largest absolute Gasteiger partial charge is 0.481 e. The van der Waals surface area contributed by atoms with E-state index in [0.717, 1.165) is 25.7 Å². The van der Waals surface area contributed by atoms with Crippen LogP contribution in [0.1, 0.15) is 38.5 Å². The van der Waals surface area contributed by atoms with Gasteiger partial charge < -0.3 is 21.7 Å². The molecule has 100 valence electrons. The highest BCUT2D eigenvalue weighted by Gasteiger charge is 2.23. The maximum atomic E-state index is 10.9. The summed E-state index contributed by atoms with van der Waals surface area (Å²) >= 11 is 0. The summed E-state index contributed by atoms with van der Waals surface area (Å²) < 4.78 is 0. The summed E-state index contributed by atoms with van der Waals surface area (Å²) in [4.78, 5) is 21.4. The lowest BCUT2D eigenvalue weighted by atomic mass is 9.94.